The van der Waals surface area contributed by atoms with Crippen LogP contribution in [0, 0.1) is 0 Å². The molecule has 32 heavy (non-hydrogen) atoms. The van der Waals surface area contributed by atoms with Gasteiger partial charge in [-0.05, 0) is 36.4 Å². The number of hydrogen-bond donors (Lipinski definition) is 0. The van der Waals surface area contributed by atoms with Gasteiger partial charge in [0.25, 0.3) is 0 Å². The number of rotatable bonds is 3. The van der Waals surface area contributed by atoms with Crippen LogP contribution in [-0.4, -0.2) is 19.2 Å². The van der Waals surface area contributed by atoms with E-state index in [1.807, 2.05) is 42.5 Å². The van der Waals surface area contributed by atoms with Gasteiger partial charge >= 0.3 is 0 Å². The van der Waals surface area contributed by atoms with Gasteiger partial charge in [0.2, 0.25) is 0 Å². The van der Waals surface area contributed by atoms with Crippen molar-refractivity contribution in [2.75, 3.05) is 19.1 Å². The van der Waals surface area contributed by atoms with E-state index < -0.39 is 0 Å². The summed E-state index contributed by atoms with van der Waals surface area (Å²) < 4.78 is 17.5. The number of aromatic nitrogens is 1. The first-order valence-corrected chi connectivity index (χ1v) is 10.6. The predicted molar refractivity (Wildman–Crippen MR) is 126 cm³/mol. The average molecular weight is 422 g/mol. The van der Waals surface area contributed by atoms with Crippen LogP contribution in [0.4, 0.5) is 5.69 Å². The summed E-state index contributed by atoms with van der Waals surface area (Å²) in [7, 11) is 3.33. The van der Waals surface area contributed by atoms with Crippen molar-refractivity contribution in [2.45, 2.75) is 12.8 Å². The number of hydrogen-bond acceptors (Lipinski definition) is 5. The van der Waals surface area contributed by atoms with Crippen LogP contribution in [0.15, 0.2) is 72.8 Å². The third-order valence-electron chi connectivity index (χ3n) is 6.11. The second kappa shape index (κ2) is 7.39. The molecule has 5 nitrogen and oxygen atoms in total. The van der Waals surface area contributed by atoms with Crippen molar-refractivity contribution in [3.8, 4) is 11.5 Å². The molecule has 0 saturated heterocycles. The number of benzene rings is 3. The summed E-state index contributed by atoms with van der Waals surface area (Å²) >= 11 is 0. The standard InChI is InChI=1S/C27H22N2O3/c1-30-20-11-19(12-21(14-20)31-2)26-15-24-22(13-17-7-3-5-9-23(17)28-24)27-29(26)25-10-6-4-8-18(25)16-32-27/h3-15,27H,16H2,1-2H3. The van der Waals surface area contributed by atoms with Gasteiger partial charge in [0.15, 0.2) is 6.23 Å². The van der Waals surface area contributed by atoms with Gasteiger partial charge < -0.3 is 19.1 Å². The van der Waals surface area contributed by atoms with Crippen LogP contribution in [0.25, 0.3) is 22.7 Å². The molecule has 0 radical (unpaired) electrons. The Balaban J connectivity index is 1.63. The quantitative estimate of drug-likeness (QED) is 0.418. The molecule has 0 N–H and O–H groups in total. The van der Waals surface area contributed by atoms with Gasteiger partial charge in [-0.15, -0.1) is 0 Å². The number of ether oxygens (including phenoxy) is 3. The highest BCUT2D eigenvalue weighted by molar-refractivity contribution is 5.96. The zero-order valence-corrected chi connectivity index (χ0v) is 17.9. The monoisotopic (exact) mass is 422 g/mol. The van der Waals surface area contributed by atoms with E-state index in [1.54, 1.807) is 14.2 Å². The Labute approximate surface area is 186 Å². The van der Waals surface area contributed by atoms with Crippen LogP contribution in [0.5, 0.6) is 11.5 Å². The van der Waals surface area contributed by atoms with E-state index >= 15 is 0 Å². The maximum absolute atomic E-state index is 6.43. The molecule has 0 bridgehead atoms. The summed E-state index contributed by atoms with van der Waals surface area (Å²) in [5, 5.41) is 1.11. The Kier molecular flexibility index (Phi) is 4.37. The van der Waals surface area contributed by atoms with Gasteiger partial charge in [-0.25, -0.2) is 4.98 Å². The van der Waals surface area contributed by atoms with Crippen LogP contribution in [-0.2, 0) is 11.3 Å². The molecule has 1 unspecified atom stereocenters. The minimum Gasteiger partial charge on any atom is -0.497 e. The highest BCUT2D eigenvalue weighted by atomic mass is 16.5. The molecule has 3 aromatic carbocycles. The number of para-hydroxylation sites is 2. The van der Waals surface area contributed by atoms with Crippen molar-refractivity contribution >= 4 is 28.4 Å². The van der Waals surface area contributed by atoms with Crippen LogP contribution in [0.2, 0.25) is 0 Å². The largest absolute Gasteiger partial charge is 0.497 e. The fourth-order valence-electron chi connectivity index (χ4n) is 4.56. The van der Waals surface area contributed by atoms with Gasteiger partial charge in [-0.1, -0.05) is 36.4 Å². The van der Waals surface area contributed by atoms with E-state index in [2.05, 4.69) is 41.3 Å². The normalized spacial score (nSPS) is 16.6. The first-order chi connectivity index (χ1) is 15.7. The number of anilines is 1. The molecule has 1 atom stereocenters. The summed E-state index contributed by atoms with van der Waals surface area (Å²) in [6.07, 6.45) is 1.87. The lowest BCUT2D eigenvalue weighted by Crippen LogP contribution is -2.36. The number of fused-ring (bicyclic) bond motifs is 6. The van der Waals surface area contributed by atoms with Crippen molar-refractivity contribution in [1.82, 2.24) is 4.98 Å². The van der Waals surface area contributed by atoms with Gasteiger partial charge in [-0.2, -0.15) is 0 Å². The minimum atomic E-state index is -0.269. The second-order valence-electron chi connectivity index (χ2n) is 7.95. The average Bonchev–Trinajstić information content (AvgIpc) is 2.86. The number of nitrogens with zero attached hydrogens (tertiary/aromatic N) is 2. The molecule has 0 saturated carbocycles. The zero-order chi connectivity index (χ0) is 21.7. The molecule has 3 heterocycles. The van der Waals surface area contributed by atoms with Crippen molar-refractivity contribution in [3.05, 3.63) is 95.2 Å². The lowest BCUT2D eigenvalue weighted by Gasteiger charge is -2.43. The summed E-state index contributed by atoms with van der Waals surface area (Å²) in [5.41, 5.74) is 7.21. The van der Waals surface area contributed by atoms with E-state index in [-0.39, 0.29) is 6.23 Å². The molecule has 2 aliphatic heterocycles. The van der Waals surface area contributed by atoms with E-state index in [0.29, 0.717) is 6.61 Å². The first-order valence-electron chi connectivity index (χ1n) is 10.6. The predicted octanol–water partition coefficient (Wildman–Crippen LogP) is 5.80. The van der Waals surface area contributed by atoms with Crippen molar-refractivity contribution in [2.24, 2.45) is 0 Å². The molecule has 4 aromatic rings. The second-order valence-corrected chi connectivity index (χ2v) is 7.95. The van der Waals surface area contributed by atoms with E-state index in [0.717, 1.165) is 56.2 Å². The minimum absolute atomic E-state index is 0.269. The Morgan fingerprint density at radius 2 is 1.66 bits per heavy atom. The molecule has 158 valence electrons. The lowest BCUT2D eigenvalue weighted by molar-refractivity contribution is 0.0342. The molecular formula is C27H22N2O3. The van der Waals surface area contributed by atoms with Crippen molar-refractivity contribution in [1.29, 1.82) is 0 Å². The smallest absolute Gasteiger partial charge is 0.163 e. The van der Waals surface area contributed by atoms with Crippen LogP contribution >= 0.6 is 0 Å². The topological polar surface area (TPSA) is 43.8 Å². The van der Waals surface area contributed by atoms with E-state index in [1.165, 1.54) is 0 Å². The Bertz CT molecular complexity index is 1360. The Morgan fingerprint density at radius 1 is 0.906 bits per heavy atom. The van der Waals surface area contributed by atoms with Gasteiger partial charge in [-0.3, -0.25) is 0 Å². The van der Waals surface area contributed by atoms with Crippen LogP contribution < -0.4 is 14.4 Å². The zero-order valence-electron chi connectivity index (χ0n) is 17.9. The van der Waals surface area contributed by atoms with Crippen LogP contribution in [0.1, 0.15) is 28.6 Å². The molecule has 0 aliphatic carbocycles. The SMILES string of the molecule is COc1cc(OC)cc(C2=Cc3nc4ccccc4cc3C3OCc4ccccc4N23)c1. The summed E-state index contributed by atoms with van der Waals surface area (Å²) in [6, 6.07) is 24.7. The lowest BCUT2D eigenvalue weighted by atomic mass is 9.95. The van der Waals surface area contributed by atoms with Crippen molar-refractivity contribution in [3.63, 3.8) is 0 Å². The summed E-state index contributed by atoms with van der Waals surface area (Å²) in [4.78, 5) is 7.23. The molecule has 1 aromatic heterocycles. The highest BCUT2D eigenvalue weighted by Gasteiger charge is 2.36. The Morgan fingerprint density at radius 3 is 2.47 bits per heavy atom. The molecule has 6 rings (SSSR count). The summed E-state index contributed by atoms with van der Waals surface area (Å²) in [5.74, 6) is 1.47. The van der Waals surface area contributed by atoms with E-state index in [4.69, 9.17) is 19.2 Å². The maximum atomic E-state index is 6.43. The molecule has 0 amide bonds. The molecule has 0 spiro atoms. The Hall–Kier alpha value is -3.83. The fourth-order valence-corrected chi connectivity index (χ4v) is 4.56. The summed E-state index contributed by atoms with van der Waals surface area (Å²) in [6.45, 7) is 0.554. The van der Waals surface area contributed by atoms with Gasteiger partial charge in [0.1, 0.15) is 11.5 Å². The fraction of sp³-hybridized carbons (Fsp3) is 0.148. The van der Waals surface area contributed by atoms with Crippen LogP contribution in [0.3, 0.4) is 0 Å². The van der Waals surface area contributed by atoms with Gasteiger partial charge in [0, 0.05) is 33.8 Å². The number of pyridine rings is 1. The van der Waals surface area contributed by atoms with Crippen molar-refractivity contribution < 1.29 is 14.2 Å². The molecule has 0 fully saturated rings. The number of methoxy groups -OCH3 is 2. The maximum Gasteiger partial charge on any atom is 0.163 e. The third kappa shape index (κ3) is 2.93. The highest BCUT2D eigenvalue weighted by Crippen LogP contribution is 2.47. The third-order valence-corrected chi connectivity index (χ3v) is 6.11. The molecular weight excluding hydrogens is 400 g/mol. The molecule has 2 aliphatic rings. The van der Waals surface area contributed by atoms with E-state index in [9.17, 15) is 0 Å². The van der Waals surface area contributed by atoms with Gasteiger partial charge in [0.05, 0.1) is 37.7 Å². The first kappa shape index (κ1) is 18.9. The molecule has 5 heteroatoms.